The normalized spacial score (nSPS) is 24.5. The van der Waals surface area contributed by atoms with Gasteiger partial charge in [0.1, 0.15) is 0 Å². The number of nitrogens with two attached hydrogens (primary N) is 1. The topological polar surface area (TPSA) is 52.3 Å². The van der Waals surface area contributed by atoms with E-state index in [1.54, 1.807) is 0 Å². The second-order valence-corrected chi connectivity index (χ2v) is 4.37. The van der Waals surface area contributed by atoms with Crippen molar-refractivity contribution >= 4 is 5.78 Å². The van der Waals surface area contributed by atoms with Gasteiger partial charge >= 0.3 is 0 Å². The number of hydrogen-bond donors (Lipinski definition) is 1. The monoisotopic (exact) mass is 195 g/mol. The Morgan fingerprint density at radius 3 is 2.79 bits per heavy atom. The summed E-state index contributed by atoms with van der Waals surface area (Å²) in [6.07, 6.45) is 7.46. The zero-order chi connectivity index (χ0) is 10.0. The van der Waals surface area contributed by atoms with Crippen LogP contribution < -0.4 is 5.73 Å². The SMILES string of the molecule is NC1(CC(=O)C2=CCCO2)CCCC1. The van der Waals surface area contributed by atoms with Gasteiger partial charge in [-0.2, -0.15) is 0 Å². The first kappa shape index (κ1) is 9.71. The Hall–Kier alpha value is -0.830. The van der Waals surface area contributed by atoms with Crippen LogP contribution in [0.5, 0.6) is 0 Å². The number of ether oxygens (including phenoxy) is 1. The highest BCUT2D eigenvalue weighted by Gasteiger charge is 2.33. The zero-order valence-corrected chi connectivity index (χ0v) is 8.42. The van der Waals surface area contributed by atoms with Gasteiger partial charge in [0.15, 0.2) is 11.5 Å². The van der Waals surface area contributed by atoms with E-state index in [2.05, 4.69) is 0 Å². The van der Waals surface area contributed by atoms with E-state index in [9.17, 15) is 4.79 Å². The van der Waals surface area contributed by atoms with E-state index in [1.807, 2.05) is 6.08 Å². The molecule has 14 heavy (non-hydrogen) atoms. The first-order valence-corrected chi connectivity index (χ1v) is 5.35. The number of Topliss-reactive ketones (excluding diaryl/α,β-unsaturated/α-hetero) is 1. The largest absolute Gasteiger partial charge is 0.490 e. The fourth-order valence-corrected chi connectivity index (χ4v) is 2.27. The third-order valence-corrected chi connectivity index (χ3v) is 3.09. The lowest BCUT2D eigenvalue weighted by atomic mass is 9.92. The molecule has 2 N–H and O–H groups in total. The number of carbonyl (C=O) groups is 1. The van der Waals surface area contributed by atoms with Gasteiger partial charge in [-0.15, -0.1) is 0 Å². The molecule has 0 saturated heterocycles. The van der Waals surface area contributed by atoms with Crippen LogP contribution in [0.2, 0.25) is 0 Å². The van der Waals surface area contributed by atoms with Crippen molar-refractivity contribution in [2.24, 2.45) is 5.73 Å². The zero-order valence-electron chi connectivity index (χ0n) is 8.42. The van der Waals surface area contributed by atoms with Gasteiger partial charge in [0, 0.05) is 18.4 Å². The van der Waals surface area contributed by atoms with Crippen LogP contribution in [0.3, 0.4) is 0 Å². The van der Waals surface area contributed by atoms with Crippen LogP contribution in [-0.2, 0) is 9.53 Å². The minimum Gasteiger partial charge on any atom is -0.490 e. The van der Waals surface area contributed by atoms with Crippen molar-refractivity contribution in [3.63, 3.8) is 0 Å². The van der Waals surface area contributed by atoms with Crippen LogP contribution in [-0.4, -0.2) is 17.9 Å². The molecule has 0 amide bonds. The van der Waals surface area contributed by atoms with Gasteiger partial charge in [0.05, 0.1) is 6.61 Å². The maximum atomic E-state index is 11.7. The predicted molar refractivity (Wildman–Crippen MR) is 53.7 cm³/mol. The lowest BCUT2D eigenvalue weighted by Gasteiger charge is -2.22. The molecule has 0 spiro atoms. The van der Waals surface area contributed by atoms with Gasteiger partial charge in [0.25, 0.3) is 0 Å². The van der Waals surface area contributed by atoms with Gasteiger partial charge in [0.2, 0.25) is 0 Å². The molecule has 0 bridgehead atoms. The molecule has 1 aliphatic heterocycles. The first-order chi connectivity index (χ1) is 6.70. The molecule has 2 rings (SSSR count). The summed E-state index contributed by atoms with van der Waals surface area (Å²) in [4.78, 5) is 11.7. The Bertz CT molecular complexity index is 264. The molecule has 0 atom stereocenters. The van der Waals surface area contributed by atoms with Crippen LogP contribution in [0.15, 0.2) is 11.8 Å². The van der Waals surface area contributed by atoms with Crippen LogP contribution in [0.25, 0.3) is 0 Å². The quantitative estimate of drug-likeness (QED) is 0.742. The maximum absolute atomic E-state index is 11.7. The van der Waals surface area contributed by atoms with Crippen molar-refractivity contribution in [1.82, 2.24) is 0 Å². The molecular formula is C11H17NO2. The van der Waals surface area contributed by atoms with Crippen LogP contribution in [0.4, 0.5) is 0 Å². The van der Waals surface area contributed by atoms with Gasteiger partial charge < -0.3 is 10.5 Å². The predicted octanol–water partition coefficient (Wildman–Crippen LogP) is 1.52. The number of hydrogen-bond acceptors (Lipinski definition) is 3. The summed E-state index contributed by atoms with van der Waals surface area (Å²) < 4.78 is 5.23. The molecule has 1 aliphatic carbocycles. The average Bonchev–Trinajstić information content (AvgIpc) is 2.74. The van der Waals surface area contributed by atoms with E-state index in [4.69, 9.17) is 10.5 Å². The summed E-state index contributed by atoms with van der Waals surface area (Å²) in [6.45, 7) is 0.651. The third kappa shape index (κ3) is 1.98. The van der Waals surface area contributed by atoms with Gasteiger partial charge in [-0.05, 0) is 18.9 Å². The summed E-state index contributed by atoms with van der Waals surface area (Å²) in [5.41, 5.74) is 5.88. The lowest BCUT2D eigenvalue weighted by Crippen LogP contribution is -2.39. The van der Waals surface area contributed by atoms with Gasteiger partial charge in [-0.25, -0.2) is 0 Å². The molecular weight excluding hydrogens is 178 g/mol. The van der Waals surface area contributed by atoms with E-state index < -0.39 is 0 Å². The molecule has 1 saturated carbocycles. The highest BCUT2D eigenvalue weighted by Crippen LogP contribution is 2.31. The van der Waals surface area contributed by atoms with E-state index in [0.29, 0.717) is 18.8 Å². The molecule has 78 valence electrons. The van der Waals surface area contributed by atoms with Crippen LogP contribution >= 0.6 is 0 Å². The fourth-order valence-electron chi connectivity index (χ4n) is 2.27. The second-order valence-electron chi connectivity index (χ2n) is 4.37. The summed E-state index contributed by atoms with van der Waals surface area (Å²) in [7, 11) is 0. The van der Waals surface area contributed by atoms with Crippen LogP contribution in [0, 0.1) is 0 Å². The number of carbonyl (C=O) groups excluding carboxylic acids is 1. The van der Waals surface area contributed by atoms with E-state index in [1.165, 1.54) is 0 Å². The Kier molecular flexibility index (Phi) is 2.59. The maximum Gasteiger partial charge on any atom is 0.198 e. The summed E-state index contributed by atoms with van der Waals surface area (Å²) in [5, 5.41) is 0. The van der Waals surface area contributed by atoms with E-state index in [-0.39, 0.29) is 11.3 Å². The molecule has 0 aromatic carbocycles. The van der Waals surface area contributed by atoms with Crippen molar-refractivity contribution < 1.29 is 9.53 Å². The molecule has 1 fully saturated rings. The number of ketones is 1. The molecule has 3 heteroatoms. The lowest BCUT2D eigenvalue weighted by molar-refractivity contribution is -0.119. The van der Waals surface area contributed by atoms with Gasteiger partial charge in [-0.1, -0.05) is 12.8 Å². The summed E-state index contributed by atoms with van der Waals surface area (Å²) >= 11 is 0. The van der Waals surface area contributed by atoms with Crippen molar-refractivity contribution in [2.45, 2.75) is 44.1 Å². The number of rotatable bonds is 3. The number of allylic oxidation sites excluding steroid dienone is 1. The molecule has 1 heterocycles. The smallest absolute Gasteiger partial charge is 0.198 e. The summed E-state index contributed by atoms with van der Waals surface area (Å²) in [5.74, 6) is 0.633. The Morgan fingerprint density at radius 2 is 2.21 bits per heavy atom. The summed E-state index contributed by atoms with van der Waals surface area (Å²) in [6, 6.07) is 0. The van der Waals surface area contributed by atoms with Crippen molar-refractivity contribution in [2.75, 3.05) is 6.61 Å². The molecule has 0 unspecified atom stereocenters. The molecule has 0 aromatic heterocycles. The fraction of sp³-hybridized carbons (Fsp3) is 0.727. The second kappa shape index (κ2) is 3.73. The third-order valence-electron chi connectivity index (χ3n) is 3.09. The minimum atomic E-state index is -0.246. The highest BCUT2D eigenvalue weighted by molar-refractivity contribution is 5.94. The highest BCUT2D eigenvalue weighted by atomic mass is 16.5. The first-order valence-electron chi connectivity index (χ1n) is 5.35. The van der Waals surface area contributed by atoms with Crippen molar-refractivity contribution in [3.05, 3.63) is 11.8 Å². The Morgan fingerprint density at radius 1 is 1.50 bits per heavy atom. The Balaban J connectivity index is 1.93. The average molecular weight is 195 g/mol. The van der Waals surface area contributed by atoms with Gasteiger partial charge in [-0.3, -0.25) is 4.79 Å². The Labute approximate surface area is 84.3 Å². The van der Waals surface area contributed by atoms with Crippen LogP contribution in [0.1, 0.15) is 38.5 Å². The van der Waals surface area contributed by atoms with Crippen molar-refractivity contribution in [1.29, 1.82) is 0 Å². The molecule has 0 aromatic rings. The van der Waals surface area contributed by atoms with Crippen molar-refractivity contribution in [3.8, 4) is 0 Å². The molecule has 3 nitrogen and oxygen atoms in total. The van der Waals surface area contributed by atoms with E-state index in [0.717, 1.165) is 32.1 Å². The molecule has 0 radical (unpaired) electrons. The van der Waals surface area contributed by atoms with E-state index >= 15 is 0 Å². The molecule has 2 aliphatic rings. The minimum absolute atomic E-state index is 0.0897. The standard InChI is InChI=1S/C11H17NO2/c12-11(5-1-2-6-11)8-9(13)10-4-3-7-14-10/h4H,1-3,5-8,12H2.